The molecule has 0 saturated carbocycles. The van der Waals surface area contributed by atoms with Crippen LogP contribution in [0.4, 0.5) is 0 Å². The summed E-state index contributed by atoms with van der Waals surface area (Å²) in [5, 5.41) is 3.27. The number of hydrogen-bond donors (Lipinski definition) is 2. The lowest BCUT2D eigenvalue weighted by atomic mass is 10.1. The molecular formula is C24H26N4O5S. The Bertz CT molecular complexity index is 1360. The summed E-state index contributed by atoms with van der Waals surface area (Å²) in [5.74, 6) is 0.397. The van der Waals surface area contributed by atoms with E-state index in [1.54, 1.807) is 56.6 Å². The van der Waals surface area contributed by atoms with Crippen LogP contribution in [0.15, 0.2) is 53.8 Å². The number of aromatic nitrogens is 2. The van der Waals surface area contributed by atoms with Gasteiger partial charge in [0, 0.05) is 32.7 Å². The number of amides is 2. The second-order valence-corrected chi connectivity index (χ2v) is 8.03. The van der Waals surface area contributed by atoms with Gasteiger partial charge < -0.3 is 24.7 Å². The van der Waals surface area contributed by atoms with Gasteiger partial charge in [0.25, 0.3) is 17.4 Å². The molecule has 9 nitrogen and oxygen atoms in total. The summed E-state index contributed by atoms with van der Waals surface area (Å²) in [7, 11) is 4.80. The fraction of sp³-hybridized carbons (Fsp3) is 0.250. The summed E-state index contributed by atoms with van der Waals surface area (Å²) >= 11 is 5.25. The van der Waals surface area contributed by atoms with Crippen LogP contribution in [0, 0.1) is 4.77 Å². The molecule has 0 aliphatic rings. The maximum Gasteiger partial charge on any atom is 0.262 e. The fourth-order valence-corrected chi connectivity index (χ4v) is 3.45. The molecule has 0 fully saturated rings. The number of aromatic amines is 1. The van der Waals surface area contributed by atoms with Gasteiger partial charge in [-0.3, -0.25) is 19.0 Å². The highest BCUT2D eigenvalue weighted by molar-refractivity contribution is 7.71. The van der Waals surface area contributed by atoms with Crippen LogP contribution < -0.4 is 20.3 Å². The summed E-state index contributed by atoms with van der Waals surface area (Å²) in [4.78, 5) is 41.5. The average molecular weight is 483 g/mol. The molecule has 1 aromatic heterocycles. The lowest BCUT2D eigenvalue weighted by molar-refractivity contribution is -0.130. The molecule has 3 aromatic rings. The Morgan fingerprint density at radius 2 is 1.97 bits per heavy atom. The molecule has 0 saturated heterocycles. The molecule has 0 spiro atoms. The molecule has 2 N–H and O–H groups in total. The van der Waals surface area contributed by atoms with Crippen molar-refractivity contribution in [1.82, 2.24) is 19.8 Å². The molecule has 0 aliphatic carbocycles. The largest absolute Gasteiger partial charge is 0.493 e. The van der Waals surface area contributed by atoms with Crippen molar-refractivity contribution in [1.29, 1.82) is 0 Å². The van der Waals surface area contributed by atoms with Crippen LogP contribution in [0.5, 0.6) is 11.5 Å². The van der Waals surface area contributed by atoms with E-state index in [1.807, 2.05) is 0 Å². The number of carbonyl (C=O) groups excluding carboxylic acids is 2. The van der Waals surface area contributed by atoms with Crippen molar-refractivity contribution >= 4 is 34.9 Å². The van der Waals surface area contributed by atoms with Gasteiger partial charge in [0.1, 0.15) is 0 Å². The van der Waals surface area contributed by atoms with Crippen LogP contribution in [0.2, 0.25) is 0 Å². The predicted octanol–water partition coefficient (Wildman–Crippen LogP) is 2.65. The van der Waals surface area contributed by atoms with E-state index in [0.717, 1.165) is 5.56 Å². The molecular weight excluding hydrogens is 456 g/mol. The number of ether oxygens (including phenoxy) is 2. The van der Waals surface area contributed by atoms with E-state index in [9.17, 15) is 14.4 Å². The number of methoxy groups -OCH3 is 1. The number of carbonyl (C=O) groups is 2. The van der Waals surface area contributed by atoms with Crippen molar-refractivity contribution in [2.24, 2.45) is 0 Å². The monoisotopic (exact) mass is 482 g/mol. The number of rotatable bonds is 9. The number of allylic oxidation sites excluding steroid dienone is 1. The molecule has 2 aromatic carbocycles. The molecule has 0 radical (unpaired) electrons. The second-order valence-electron chi connectivity index (χ2n) is 7.64. The van der Waals surface area contributed by atoms with Crippen molar-refractivity contribution in [3.63, 3.8) is 0 Å². The van der Waals surface area contributed by atoms with Crippen molar-refractivity contribution in [3.05, 3.63) is 75.3 Å². The third-order valence-corrected chi connectivity index (χ3v) is 5.41. The highest BCUT2D eigenvalue weighted by Crippen LogP contribution is 2.28. The van der Waals surface area contributed by atoms with Gasteiger partial charge in [0.2, 0.25) is 0 Å². The van der Waals surface area contributed by atoms with Gasteiger partial charge in [-0.15, -0.1) is 6.58 Å². The predicted molar refractivity (Wildman–Crippen MR) is 132 cm³/mol. The fourth-order valence-electron chi connectivity index (χ4n) is 3.18. The van der Waals surface area contributed by atoms with E-state index < -0.39 is 0 Å². The maximum atomic E-state index is 12.7. The Kier molecular flexibility index (Phi) is 7.85. The summed E-state index contributed by atoms with van der Waals surface area (Å²) in [6.07, 6.45) is 1.59. The topological polar surface area (TPSA) is 106 Å². The van der Waals surface area contributed by atoms with Crippen molar-refractivity contribution in [3.8, 4) is 11.5 Å². The van der Waals surface area contributed by atoms with Crippen LogP contribution >= 0.6 is 12.2 Å². The van der Waals surface area contributed by atoms with E-state index in [2.05, 4.69) is 16.9 Å². The molecule has 0 aliphatic heterocycles. The minimum absolute atomic E-state index is 0.108. The first kappa shape index (κ1) is 24.7. The van der Waals surface area contributed by atoms with Crippen LogP contribution in [0.1, 0.15) is 15.9 Å². The molecule has 0 bridgehead atoms. The van der Waals surface area contributed by atoms with Crippen LogP contribution in [-0.4, -0.2) is 54.1 Å². The second kappa shape index (κ2) is 10.8. The van der Waals surface area contributed by atoms with Gasteiger partial charge in [-0.2, -0.15) is 0 Å². The first-order chi connectivity index (χ1) is 16.2. The number of fused-ring (bicyclic) bond motifs is 1. The Hall–Kier alpha value is -3.92. The SMILES string of the molecule is C=CCn1c(=S)[nH]c2cc(C(=O)NCc3ccc(OCC(=O)N(C)C)c(OC)c3)ccc2c1=O. The lowest BCUT2D eigenvalue weighted by Gasteiger charge is -2.14. The zero-order valence-corrected chi connectivity index (χ0v) is 20.0. The van der Waals surface area contributed by atoms with E-state index in [1.165, 1.54) is 16.6 Å². The number of nitrogens with one attached hydrogen (secondary N) is 2. The van der Waals surface area contributed by atoms with Crippen molar-refractivity contribution in [2.75, 3.05) is 27.8 Å². The molecule has 10 heteroatoms. The van der Waals surface area contributed by atoms with E-state index >= 15 is 0 Å². The molecule has 34 heavy (non-hydrogen) atoms. The first-order valence-electron chi connectivity index (χ1n) is 10.4. The smallest absolute Gasteiger partial charge is 0.262 e. The van der Waals surface area contributed by atoms with Gasteiger partial charge in [-0.1, -0.05) is 12.1 Å². The minimum atomic E-state index is -0.313. The quantitative estimate of drug-likeness (QED) is 0.359. The Balaban J connectivity index is 1.73. The van der Waals surface area contributed by atoms with Crippen LogP contribution in [0.25, 0.3) is 10.9 Å². The third kappa shape index (κ3) is 5.52. The van der Waals surface area contributed by atoms with Gasteiger partial charge in [0.15, 0.2) is 22.9 Å². The number of hydrogen-bond acceptors (Lipinski definition) is 6. The van der Waals surface area contributed by atoms with Crippen molar-refractivity contribution < 1.29 is 19.1 Å². The zero-order valence-electron chi connectivity index (χ0n) is 19.2. The molecule has 0 atom stereocenters. The average Bonchev–Trinajstić information content (AvgIpc) is 2.83. The van der Waals surface area contributed by atoms with Crippen molar-refractivity contribution in [2.45, 2.75) is 13.1 Å². The van der Waals surface area contributed by atoms with Gasteiger partial charge >= 0.3 is 0 Å². The number of benzene rings is 2. The van der Waals surface area contributed by atoms with Gasteiger partial charge in [0.05, 0.1) is 18.0 Å². The van der Waals surface area contributed by atoms with E-state index in [-0.39, 0.29) is 35.3 Å². The number of H-pyrrole nitrogens is 1. The van der Waals surface area contributed by atoms with Crippen LogP contribution in [0.3, 0.4) is 0 Å². The maximum absolute atomic E-state index is 12.7. The molecule has 0 unspecified atom stereocenters. The zero-order chi connectivity index (χ0) is 24.8. The Labute approximate surface area is 201 Å². The van der Waals surface area contributed by atoms with E-state index in [0.29, 0.717) is 34.5 Å². The number of nitrogens with zero attached hydrogens (tertiary/aromatic N) is 2. The lowest BCUT2D eigenvalue weighted by Crippen LogP contribution is -2.27. The Morgan fingerprint density at radius 3 is 2.65 bits per heavy atom. The summed E-state index contributed by atoms with van der Waals surface area (Å²) in [6, 6.07) is 9.98. The minimum Gasteiger partial charge on any atom is -0.493 e. The van der Waals surface area contributed by atoms with Crippen LogP contribution in [-0.2, 0) is 17.9 Å². The normalized spacial score (nSPS) is 10.6. The highest BCUT2D eigenvalue weighted by Gasteiger charge is 2.12. The number of likely N-dealkylation sites (N-methyl/N-ethyl adjacent to an activating group) is 1. The van der Waals surface area contributed by atoms with E-state index in [4.69, 9.17) is 21.7 Å². The molecule has 178 valence electrons. The summed E-state index contributed by atoms with van der Waals surface area (Å²) in [6.45, 7) is 4.06. The highest BCUT2D eigenvalue weighted by atomic mass is 32.1. The van der Waals surface area contributed by atoms with Gasteiger partial charge in [-0.05, 0) is 48.1 Å². The summed E-state index contributed by atoms with van der Waals surface area (Å²) < 4.78 is 12.6. The molecule has 3 rings (SSSR count). The van der Waals surface area contributed by atoms with Gasteiger partial charge in [-0.25, -0.2) is 0 Å². The molecule has 2 amide bonds. The third-order valence-electron chi connectivity index (χ3n) is 5.09. The summed E-state index contributed by atoms with van der Waals surface area (Å²) in [5.41, 5.74) is 1.41. The molecule has 1 heterocycles. The standard InChI is InChI=1S/C24H26N4O5S/c1-5-10-28-23(31)17-8-7-16(12-18(17)26-24(28)34)22(30)25-13-15-6-9-19(20(11-15)32-4)33-14-21(29)27(2)3/h5-9,11-12H,1,10,13-14H2,2-4H3,(H,25,30)(H,26,34). The first-order valence-corrected chi connectivity index (χ1v) is 10.8. The Morgan fingerprint density at radius 1 is 1.21 bits per heavy atom.